The molecule has 2 aromatic rings. The van der Waals surface area contributed by atoms with Crippen molar-refractivity contribution in [1.82, 2.24) is 5.32 Å². The van der Waals surface area contributed by atoms with E-state index in [9.17, 15) is 9.90 Å². The average molecular weight is 288 g/mol. The number of hydrogen-bond donors (Lipinski definition) is 2. The summed E-state index contributed by atoms with van der Waals surface area (Å²) in [4.78, 5) is 11.7. The summed E-state index contributed by atoms with van der Waals surface area (Å²) < 4.78 is 0. The summed E-state index contributed by atoms with van der Waals surface area (Å²) in [5.41, 5.74) is 1.58. The molecule has 0 saturated carbocycles. The average Bonchev–Trinajstić information content (AvgIpc) is 2.46. The molecular weight excluding hydrogens is 274 g/mol. The number of para-hydroxylation sites is 1. The van der Waals surface area contributed by atoms with Crippen molar-refractivity contribution in [2.75, 3.05) is 0 Å². The van der Waals surface area contributed by atoms with Crippen molar-refractivity contribution in [2.45, 2.75) is 6.54 Å². The van der Waals surface area contributed by atoms with Crippen molar-refractivity contribution in [1.29, 1.82) is 0 Å². The van der Waals surface area contributed by atoms with Crippen LogP contribution in [0.1, 0.15) is 11.1 Å². The lowest BCUT2D eigenvalue weighted by Crippen LogP contribution is -2.20. The normalized spacial score (nSPS) is 10.7. The van der Waals surface area contributed by atoms with Crippen molar-refractivity contribution in [3.63, 3.8) is 0 Å². The van der Waals surface area contributed by atoms with Crippen LogP contribution < -0.4 is 5.32 Å². The second kappa shape index (κ2) is 6.78. The molecule has 0 radical (unpaired) electrons. The maximum atomic E-state index is 11.7. The number of nitrogens with one attached hydrogen (secondary N) is 1. The molecule has 0 aromatic heterocycles. The molecule has 2 aromatic carbocycles. The smallest absolute Gasteiger partial charge is 0.244 e. The van der Waals surface area contributed by atoms with Gasteiger partial charge in [-0.3, -0.25) is 4.79 Å². The number of carbonyl (C=O) groups excluding carboxylic acids is 1. The molecule has 3 nitrogen and oxygen atoms in total. The first-order chi connectivity index (χ1) is 9.65. The summed E-state index contributed by atoms with van der Waals surface area (Å²) in [5, 5.41) is 12.9. The topological polar surface area (TPSA) is 49.3 Å². The Morgan fingerprint density at radius 1 is 1.15 bits per heavy atom. The van der Waals surface area contributed by atoms with Gasteiger partial charge in [-0.15, -0.1) is 0 Å². The molecule has 0 aliphatic heterocycles. The van der Waals surface area contributed by atoms with E-state index >= 15 is 0 Å². The number of amides is 1. The molecule has 1 amide bonds. The Morgan fingerprint density at radius 2 is 1.85 bits per heavy atom. The highest BCUT2D eigenvalue weighted by Gasteiger charge is 2.01. The molecular formula is C16H14ClNO2. The fraction of sp³-hybridized carbons (Fsp3) is 0.0625. The molecule has 0 fully saturated rings. The van der Waals surface area contributed by atoms with Gasteiger partial charge < -0.3 is 10.4 Å². The minimum Gasteiger partial charge on any atom is -0.508 e. The van der Waals surface area contributed by atoms with E-state index in [4.69, 9.17) is 11.6 Å². The van der Waals surface area contributed by atoms with Gasteiger partial charge in [-0.25, -0.2) is 0 Å². The second-order valence-electron chi connectivity index (χ2n) is 4.23. The van der Waals surface area contributed by atoms with Crippen LogP contribution in [0.15, 0.2) is 54.6 Å². The molecule has 0 unspecified atom stereocenters. The van der Waals surface area contributed by atoms with Gasteiger partial charge in [0.15, 0.2) is 0 Å². The number of phenols is 1. The van der Waals surface area contributed by atoms with E-state index < -0.39 is 0 Å². The molecule has 0 heterocycles. The van der Waals surface area contributed by atoms with Crippen LogP contribution in [0, 0.1) is 0 Å². The Labute approximate surface area is 122 Å². The van der Waals surface area contributed by atoms with Crippen molar-refractivity contribution >= 4 is 23.6 Å². The van der Waals surface area contributed by atoms with Crippen LogP contribution in [0.4, 0.5) is 0 Å². The number of benzene rings is 2. The Balaban J connectivity index is 1.90. The number of hydrogen-bond acceptors (Lipinski definition) is 2. The third-order valence-corrected chi connectivity index (χ3v) is 2.99. The fourth-order valence-corrected chi connectivity index (χ4v) is 1.77. The van der Waals surface area contributed by atoms with Crippen molar-refractivity contribution < 1.29 is 9.90 Å². The lowest BCUT2D eigenvalue weighted by atomic mass is 10.2. The Hall–Kier alpha value is -2.26. The van der Waals surface area contributed by atoms with Crippen LogP contribution in [0.25, 0.3) is 6.08 Å². The van der Waals surface area contributed by atoms with E-state index in [0.717, 1.165) is 5.56 Å². The van der Waals surface area contributed by atoms with E-state index in [0.29, 0.717) is 10.6 Å². The molecule has 0 saturated heterocycles. The monoisotopic (exact) mass is 287 g/mol. The predicted octanol–water partition coefficient (Wildman–Crippen LogP) is 3.38. The van der Waals surface area contributed by atoms with Crippen LogP contribution in [-0.2, 0) is 11.3 Å². The second-order valence-corrected chi connectivity index (χ2v) is 4.67. The Bertz CT molecular complexity index is 621. The minimum absolute atomic E-state index is 0.175. The van der Waals surface area contributed by atoms with Gasteiger partial charge in [0.25, 0.3) is 0 Å². The van der Waals surface area contributed by atoms with E-state index in [2.05, 4.69) is 5.32 Å². The first kappa shape index (κ1) is 14.2. The molecule has 0 aliphatic carbocycles. The number of phenolic OH excluding ortho intramolecular Hbond substituents is 1. The summed E-state index contributed by atoms with van der Waals surface area (Å²) in [6.45, 7) is 0.288. The molecule has 2 N–H and O–H groups in total. The van der Waals surface area contributed by atoms with Crippen molar-refractivity contribution in [3.8, 4) is 5.75 Å². The van der Waals surface area contributed by atoms with Crippen LogP contribution in [0.2, 0.25) is 5.02 Å². The van der Waals surface area contributed by atoms with Gasteiger partial charge >= 0.3 is 0 Å². The van der Waals surface area contributed by atoms with Crippen LogP contribution in [-0.4, -0.2) is 11.0 Å². The van der Waals surface area contributed by atoms with E-state index in [1.807, 2.05) is 18.2 Å². The molecule has 102 valence electrons. The van der Waals surface area contributed by atoms with Crippen molar-refractivity contribution in [3.05, 3.63) is 70.8 Å². The van der Waals surface area contributed by atoms with Gasteiger partial charge in [0, 0.05) is 23.2 Å². The van der Waals surface area contributed by atoms with Gasteiger partial charge in [0.1, 0.15) is 5.75 Å². The molecule has 2 rings (SSSR count). The standard InChI is InChI=1S/C16H14ClNO2/c17-14-8-5-12(6-9-14)7-10-16(20)18-11-13-3-1-2-4-15(13)19/h1-10,19H,11H2,(H,18,20)/b10-7+. The fourth-order valence-electron chi connectivity index (χ4n) is 1.65. The SMILES string of the molecule is O=C(/C=C/c1ccc(Cl)cc1)NCc1ccccc1O. The summed E-state index contributed by atoms with van der Waals surface area (Å²) in [6.07, 6.45) is 3.15. The number of halogens is 1. The van der Waals surface area contributed by atoms with Crippen LogP contribution >= 0.6 is 11.6 Å². The molecule has 20 heavy (non-hydrogen) atoms. The highest BCUT2D eigenvalue weighted by atomic mass is 35.5. The zero-order valence-corrected chi connectivity index (χ0v) is 11.5. The molecule has 0 bridgehead atoms. The lowest BCUT2D eigenvalue weighted by Gasteiger charge is -2.04. The predicted molar refractivity (Wildman–Crippen MR) is 80.4 cm³/mol. The third kappa shape index (κ3) is 4.14. The summed E-state index contributed by atoms with van der Waals surface area (Å²) in [7, 11) is 0. The third-order valence-electron chi connectivity index (χ3n) is 2.74. The largest absolute Gasteiger partial charge is 0.508 e. The maximum absolute atomic E-state index is 11.7. The van der Waals surface area contributed by atoms with E-state index in [1.165, 1.54) is 6.08 Å². The highest BCUT2D eigenvalue weighted by Crippen LogP contribution is 2.15. The first-order valence-electron chi connectivity index (χ1n) is 6.13. The maximum Gasteiger partial charge on any atom is 0.244 e. The zero-order valence-electron chi connectivity index (χ0n) is 10.7. The van der Waals surface area contributed by atoms with Gasteiger partial charge in [-0.1, -0.05) is 41.9 Å². The molecule has 4 heteroatoms. The zero-order chi connectivity index (χ0) is 14.4. The van der Waals surface area contributed by atoms with Crippen LogP contribution in [0.3, 0.4) is 0 Å². The quantitative estimate of drug-likeness (QED) is 0.847. The van der Waals surface area contributed by atoms with Crippen molar-refractivity contribution in [2.24, 2.45) is 0 Å². The Morgan fingerprint density at radius 3 is 2.55 bits per heavy atom. The highest BCUT2D eigenvalue weighted by molar-refractivity contribution is 6.30. The summed E-state index contributed by atoms with van der Waals surface area (Å²) >= 11 is 5.78. The lowest BCUT2D eigenvalue weighted by molar-refractivity contribution is -0.116. The Kier molecular flexibility index (Phi) is 4.80. The number of rotatable bonds is 4. The molecule has 0 aliphatic rings. The summed E-state index contributed by atoms with van der Waals surface area (Å²) in [6, 6.07) is 14.1. The van der Waals surface area contributed by atoms with E-state index in [-0.39, 0.29) is 18.2 Å². The number of carbonyl (C=O) groups is 1. The minimum atomic E-state index is -0.219. The van der Waals surface area contributed by atoms with Gasteiger partial charge in [-0.2, -0.15) is 0 Å². The van der Waals surface area contributed by atoms with Crippen LogP contribution in [0.5, 0.6) is 5.75 Å². The van der Waals surface area contributed by atoms with Gasteiger partial charge in [0.05, 0.1) is 0 Å². The summed E-state index contributed by atoms with van der Waals surface area (Å²) in [5.74, 6) is -0.0438. The van der Waals surface area contributed by atoms with Gasteiger partial charge in [-0.05, 0) is 29.8 Å². The molecule has 0 atom stereocenters. The van der Waals surface area contributed by atoms with E-state index in [1.54, 1.807) is 36.4 Å². The first-order valence-corrected chi connectivity index (χ1v) is 6.51. The number of aromatic hydroxyl groups is 1. The van der Waals surface area contributed by atoms with Gasteiger partial charge in [0.2, 0.25) is 5.91 Å². The molecule has 0 spiro atoms.